The molecule has 3 aromatic rings. The van der Waals surface area contributed by atoms with Crippen LogP contribution < -0.4 is 9.47 Å². The lowest BCUT2D eigenvalue weighted by Gasteiger charge is -2.26. The molecule has 0 aliphatic rings. The van der Waals surface area contributed by atoms with Crippen LogP contribution in [0.3, 0.4) is 0 Å². The number of benzene rings is 2. The minimum Gasteiger partial charge on any atom is -0.493 e. The zero-order valence-electron chi connectivity index (χ0n) is 25.1. The fourth-order valence-corrected chi connectivity index (χ4v) is 5.98. The number of nitrogens with zero attached hydrogens (tertiary/aromatic N) is 2. The molecule has 0 radical (unpaired) electrons. The largest absolute Gasteiger partial charge is 0.493 e. The van der Waals surface area contributed by atoms with Crippen molar-refractivity contribution in [2.24, 2.45) is 11.8 Å². The first-order chi connectivity index (χ1) is 19.2. The summed E-state index contributed by atoms with van der Waals surface area (Å²) in [6, 6.07) is 10.5. The monoisotopic (exact) mass is 568 g/mol. The van der Waals surface area contributed by atoms with Gasteiger partial charge in [-0.3, -0.25) is 9.36 Å². The Balaban J connectivity index is 2.10. The predicted octanol–water partition coefficient (Wildman–Crippen LogP) is 8.31. The number of rotatable bonds is 15. The number of carbonyl (C=O) groups is 1. The van der Waals surface area contributed by atoms with Crippen LogP contribution in [0, 0.1) is 18.8 Å². The summed E-state index contributed by atoms with van der Waals surface area (Å²) in [7, 11) is 3.06. The summed E-state index contributed by atoms with van der Waals surface area (Å²) < 4.78 is 12.9. The molecule has 0 amide bonds. The molecule has 3 rings (SSSR count). The third-order valence-corrected chi connectivity index (χ3v) is 8.24. The van der Waals surface area contributed by atoms with E-state index in [0.29, 0.717) is 63.8 Å². The summed E-state index contributed by atoms with van der Waals surface area (Å²) in [4.78, 5) is 18.9. The quantitative estimate of drug-likeness (QED) is 0.147. The second-order valence-electron chi connectivity index (χ2n) is 10.6. The van der Waals surface area contributed by atoms with E-state index in [1.807, 2.05) is 24.5 Å². The lowest BCUT2D eigenvalue weighted by atomic mass is 9.83. The summed E-state index contributed by atoms with van der Waals surface area (Å²) in [6.07, 6.45) is 6.50. The highest BCUT2D eigenvalue weighted by atomic mass is 35.5. The number of ether oxygens (including phenoxy) is 2. The molecular weight excluding hydrogens is 524 g/mol. The molecule has 218 valence electrons. The lowest BCUT2D eigenvalue weighted by Crippen LogP contribution is -2.18. The standard InChI is InChI=1S/C33H45ClN2O4/c1-8-11-12-14-23(9-2)21(4)19-29(37)31-27(10-3)35-22(5)36(31)28-18-17-24(34)20-26(28)32(38)25-15-13-16-30(39-6)33(25)40-7/h13,15-18,20-21,23,29,37H,8-12,14,19H2,1-7H3. The zero-order valence-corrected chi connectivity index (χ0v) is 25.8. The molecule has 0 fully saturated rings. The van der Waals surface area contributed by atoms with Gasteiger partial charge in [-0.1, -0.05) is 77.5 Å². The number of para-hydroxylation sites is 1. The first-order valence-corrected chi connectivity index (χ1v) is 14.9. The number of carbonyl (C=O) groups excluding carboxylic acids is 1. The van der Waals surface area contributed by atoms with Crippen molar-refractivity contribution in [2.45, 2.75) is 85.7 Å². The van der Waals surface area contributed by atoms with E-state index in [1.165, 1.54) is 32.8 Å². The molecule has 0 spiro atoms. The molecule has 6 nitrogen and oxygen atoms in total. The predicted molar refractivity (Wildman–Crippen MR) is 162 cm³/mol. The number of ketones is 1. The Bertz CT molecular complexity index is 1290. The van der Waals surface area contributed by atoms with Crippen LogP contribution in [-0.4, -0.2) is 34.7 Å². The normalized spacial score (nSPS) is 13.6. The SMILES string of the molecule is CCCCCC(CC)C(C)CC(O)c1c(CC)nc(C)n1-c1ccc(Cl)cc1C(=O)c1cccc(OC)c1OC. The molecule has 0 aliphatic carbocycles. The number of methoxy groups -OCH3 is 2. The van der Waals surface area contributed by atoms with Crippen LogP contribution in [0.2, 0.25) is 5.02 Å². The Morgan fingerprint density at radius 3 is 2.45 bits per heavy atom. The van der Waals surface area contributed by atoms with Gasteiger partial charge in [0.2, 0.25) is 0 Å². The van der Waals surface area contributed by atoms with Gasteiger partial charge in [-0.05, 0) is 61.9 Å². The van der Waals surface area contributed by atoms with E-state index < -0.39 is 6.10 Å². The van der Waals surface area contributed by atoms with E-state index in [9.17, 15) is 9.90 Å². The molecule has 0 bridgehead atoms. The highest BCUT2D eigenvalue weighted by molar-refractivity contribution is 6.31. The summed E-state index contributed by atoms with van der Waals surface area (Å²) in [6.45, 7) is 10.7. The molecular formula is C33H45ClN2O4. The highest BCUT2D eigenvalue weighted by Gasteiger charge is 2.29. The van der Waals surface area contributed by atoms with E-state index in [-0.39, 0.29) is 5.78 Å². The van der Waals surface area contributed by atoms with Gasteiger partial charge in [0.05, 0.1) is 43.0 Å². The number of hydrogen-bond acceptors (Lipinski definition) is 5. The number of hydrogen-bond donors (Lipinski definition) is 1. The average Bonchev–Trinajstić information content (AvgIpc) is 3.30. The van der Waals surface area contributed by atoms with Gasteiger partial charge in [0.1, 0.15) is 5.82 Å². The highest BCUT2D eigenvalue weighted by Crippen LogP contribution is 2.37. The fourth-order valence-electron chi connectivity index (χ4n) is 5.81. The van der Waals surface area contributed by atoms with Gasteiger partial charge >= 0.3 is 0 Å². The topological polar surface area (TPSA) is 73.6 Å². The molecule has 1 heterocycles. The lowest BCUT2D eigenvalue weighted by molar-refractivity contribution is 0.103. The Labute approximate surface area is 244 Å². The summed E-state index contributed by atoms with van der Waals surface area (Å²) in [5.41, 5.74) is 2.97. The maximum absolute atomic E-state index is 14.0. The Morgan fingerprint density at radius 1 is 1.07 bits per heavy atom. The molecule has 3 atom stereocenters. The number of aryl methyl sites for hydroxylation is 2. The Hall–Kier alpha value is -2.83. The molecule has 40 heavy (non-hydrogen) atoms. The van der Waals surface area contributed by atoms with Gasteiger partial charge in [0, 0.05) is 10.6 Å². The third kappa shape index (κ3) is 6.90. The smallest absolute Gasteiger partial charge is 0.199 e. The Kier molecular flexibility index (Phi) is 11.6. The number of unbranched alkanes of at least 4 members (excludes halogenated alkanes) is 2. The minimum absolute atomic E-state index is 0.254. The van der Waals surface area contributed by atoms with Crippen molar-refractivity contribution in [3.63, 3.8) is 0 Å². The first kappa shape index (κ1) is 31.7. The van der Waals surface area contributed by atoms with Crippen molar-refractivity contribution in [3.05, 3.63) is 69.8 Å². The molecule has 3 unspecified atom stereocenters. The van der Waals surface area contributed by atoms with Crippen molar-refractivity contribution in [1.29, 1.82) is 0 Å². The van der Waals surface area contributed by atoms with Gasteiger partial charge in [0.25, 0.3) is 0 Å². The molecule has 1 aromatic heterocycles. The van der Waals surface area contributed by atoms with Crippen LogP contribution in [0.25, 0.3) is 5.69 Å². The summed E-state index contributed by atoms with van der Waals surface area (Å²) >= 11 is 6.43. The van der Waals surface area contributed by atoms with Crippen molar-refractivity contribution in [2.75, 3.05) is 14.2 Å². The van der Waals surface area contributed by atoms with Crippen molar-refractivity contribution < 1.29 is 19.4 Å². The third-order valence-electron chi connectivity index (χ3n) is 8.00. The number of imidazole rings is 1. The summed E-state index contributed by atoms with van der Waals surface area (Å²) in [5.74, 6) is 2.19. The van der Waals surface area contributed by atoms with Crippen LogP contribution in [-0.2, 0) is 6.42 Å². The van der Waals surface area contributed by atoms with Crippen LogP contribution in [0.1, 0.15) is 105 Å². The van der Waals surface area contributed by atoms with Crippen LogP contribution in [0.15, 0.2) is 36.4 Å². The summed E-state index contributed by atoms with van der Waals surface area (Å²) in [5, 5.41) is 12.2. The second-order valence-corrected chi connectivity index (χ2v) is 11.0. The number of aromatic nitrogens is 2. The number of halogens is 1. The van der Waals surface area contributed by atoms with Gasteiger partial charge in [0.15, 0.2) is 17.3 Å². The molecule has 7 heteroatoms. The molecule has 1 N–H and O–H groups in total. The molecule has 2 aromatic carbocycles. The minimum atomic E-state index is -0.726. The zero-order chi connectivity index (χ0) is 29.4. The van der Waals surface area contributed by atoms with Crippen LogP contribution >= 0.6 is 11.6 Å². The van der Waals surface area contributed by atoms with Crippen LogP contribution in [0.4, 0.5) is 0 Å². The maximum Gasteiger partial charge on any atom is 0.199 e. The van der Waals surface area contributed by atoms with E-state index >= 15 is 0 Å². The van der Waals surface area contributed by atoms with Gasteiger partial charge in [-0.15, -0.1) is 0 Å². The average molecular weight is 569 g/mol. The first-order valence-electron chi connectivity index (χ1n) is 14.5. The van der Waals surface area contributed by atoms with Crippen molar-refractivity contribution in [1.82, 2.24) is 9.55 Å². The number of aliphatic hydroxyl groups excluding tert-OH is 1. The van der Waals surface area contributed by atoms with Crippen molar-refractivity contribution >= 4 is 17.4 Å². The molecule has 0 aliphatic heterocycles. The van der Waals surface area contributed by atoms with Gasteiger partial charge in [-0.25, -0.2) is 4.98 Å². The Morgan fingerprint density at radius 2 is 1.82 bits per heavy atom. The fraction of sp³-hybridized carbons (Fsp3) is 0.515. The molecule has 0 saturated carbocycles. The second kappa shape index (κ2) is 14.7. The molecule has 0 saturated heterocycles. The van der Waals surface area contributed by atoms with E-state index in [1.54, 1.807) is 37.4 Å². The van der Waals surface area contributed by atoms with Gasteiger partial charge < -0.3 is 14.6 Å². The van der Waals surface area contributed by atoms with Crippen LogP contribution in [0.5, 0.6) is 11.5 Å². The van der Waals surface area contributed by atoms with E-state index in [2.05, 4.69) is 20.8 Å². The van der Waals surface area contributed by atoms with Gasteiger partial charge in [-0.2, -0.15) is 0 Å². The maximum atomic E-state index is 14.0. The van der Waals surface area contributed by atoms with Crippen molar-refractivity contribution in [3.8, 4) is 17.2 Å². The van der Waals surface area contributed by atoms with E-state index in [4.69, 9.17) is 26.1 Å². The number of aliphatic hydroxyl groups is 1. The van der Waals surface area contributed by atoms with E-state index in [0.717, 1.165) is 17.8 Å².